The monoisotopic (exact) mass is 304 g/mol. The lowest BCUT2D eigenvalue weighted by molar-refractivity contribution is -0.138. The van der Waals surface area contributed by atoms with E-state index in [4.69, 9.17) is 9.15 Å². The maximum Gasteiger partial charge on any atom is 0.334 e. The topological polar surface area (TPSA) is 39.4 Å². The first kappa shape index (κ1) is 13.8. The van der Waals surface area contributed by atoms with Crippen molar-refractivity contribution in [1.82, 2.24) is 0 Å². The van der Waals surface area contributed by atoms with Gasteiger partial charge in [-0.05, 0) is 24.1 Å². The van der Waals surface area contributed by atoms with E-state index < -0.39 is 0 Å². The van der Waals surface area contributed by atoms with Crippen LogP contribution in [0.1, 0.15) is 23.6 Å². The molecule has 114 valence electrons. The molecule has 3 heteroatoms. The second-order valence-corrected chi connectivity index (χ2v) is 5.55. The standard InChI is InChI=1S/C20H16O3/c1-2-22-20(21)16-11-13-7-3-4-8-14(13)19(16)17-12-23-18-10-6-5-9-15(17)18/h3-10,12H,2,11H2,1H3. The first-order chi connectivity index (χ1) is 11.3. The van der Waals surface area contributed by atoms with Crippen LogP contribution in [0.5, 0.6) is 0 Å². The van der Waals surface area contributed by atoms with Gasteiger partial charge in [-0.25, -0.2) is 4.79 Å². The molecule has 0 aliphatic heterocycles. The number of hydrogen-bond acceptors (Lipinski definition) is 3. The van der Waals surface area contributed by atoms with Crippen molar-refractivity contribution in [2.24, 2.45) is 0 Å². The number of carbonyl (C=O) groups is 1. The molecule has 3 aromatic rings. The summed E-state index contributed by atoms with van der Waals surface area (Å²) in [5, 5.41) is 1.01. The SMILES string of the molecule is CCOC(=O)C1=C(c2coc3ccccc23)c2ccccc2C1. The molecule has 1 heterocycles. The number of rotatable bonds is 3. The van der Waals surface area contributed by atoms with E-state index in [1.807, 2.05) is 43.3 Å². The Balaban J connectivity index is 1.96. The summed E-state index contributed by atoms with van der Waals surface area (Å²) in [5.74, 6) is -0.246. The fraction of sp³-hybridized carbons (Fsp3) is 0.150. The van der Waals surface area contributed by atoms with Crippen LogP contribution < -0.4 is 0 Å². The Morgan fingerprint density at radius 2 is 1.87 bits per heavy atom. The molecular weight excluding hydrogens is 288 g/mol. The van der Waals surface area contributed by atoms with Crippen LogP contribution in [0.4, 0.5) is 0 Å². The van der Waals surface area contributed by atoms with Crippen molar-refractivity contribution in [2.45, 2.75) is 13.3 Å². The van der Waals surface area contributed by atoms with Crippen molar-refractivity contribution in [3.05, 3.63) is 77.1 Å². The molecule has 0 N–H and O–H groups in total. The zero-order valence-corrected chi connectivity index (χ0v) is 12.8. The normalized spacial score (nSPS) is 13.4. The van der Waals surface area contributed by atoms with Gasteiger partial charge in [0.2, 0.25) is 0 Å². The molecule has 0 saturated carbocycles. The van der Waals surface area contributed by atoms with Gasteiger partial charge in [-0.1, -0.05) is 42.5 Å². The third-order valence-electron chi connectivity index (χ3n) is 4.23. The number of fused-ring (bicyclic) bond motifs is 2. The van der Waals surface area contributed by atoms with Crippen LogP contribution in [0, 0.1) is 0 Å². The van der Waals surface area contributed by atoms with Crippen LogP contribution in [0.25, 0.3) is 16.5 Å². The smallest absolute Gasteiger partial charge is 0.334 e. The Labute approximate surface area is 134 Å². The molecule has 1 aliphatic carbocycles. The van der Waals surface area contributed by atoms with Gasteiger partial charge in [0.05, 0.1) is 18.4 Å². The summed E-state index contributed by atoms with van der Waals surface area (Å²) >= 11 is 0. The second kappa shape index (κ2) is 5.43. The number of carbonyl (C=O) groups excluding carboxylic acids is 1. The molecule has 0 fully saturated rings. The van der Waals surface area contributed by atoms with Gasteiger partial charge in [0, 0.05) is 22.9 Å². The fourth-order valence-electron chi connectivity index (χ4n) is 3.23. The minimum atomic E-state index is -0.246. The number of para-hydroxylation sites is 1. The molecular formula is C20H16O3. The van der Waals surface area contributed by atoms with E-state index in [0.717, 1.165) is 33.2 Å². The average Bonchev–Trinajstić information content (AvgIpc) is 3.15. The molecule has 3 nitrogen and oxygen atoms in total. The molecule has 23 heavy (non-hydrogen) atoms. The molecule has 2 aromatic carbocycles. The van der Waals surface area contributed by atoms with Gasteiger partial charge in [0.25, 0.3) is 0 Å². The van der Waals surface area contributed by atoms with Gasteiger partial charge in [-0.15, -0.1) is 0 Å². The van der Waals surface area contributed by atoms with Crippen LogP contribution in [0.3, 0.4) is 0 Å². The van der Waals surface area contributed by atoms with Crippen molar-refractivity contribution in [3.63, 3.8) is 0 Å². The predicted octanol–water partition coefficient (Wildman–Crippen LogP) is 4.35. The van der Waals surface area contributed by atoms with E-state index >= 15 is 0 Å². The Hall–Kier alpha value is -2.81. The highest BCUT2D eigenvalue weighted by Gasteiger charge is 2.29. The molecule has 0 unspecified atom stereocenters. The fourth-order valence-corrected chi connectivity index (χ4v) is 3.23. The quantitative estimate of drug-likeness (QED) is 0.675. The van der Waals surface area contributed by atoms with Crippen molar-refractivity contribution in [1.29, 1.82) is 0 Å². The Bertz CT molecular complexity index is 931. The maximum atomic E-state index is 12.4. The third-order valence-corrected chi connectivity index (χ3v) is 4.23. The lowest BCUT2D eigenvalue weighted by atomic mass is 9.97. The van der Waals surface area contributed by atoms with Crippen LogP contribution in [0.2, 0.25) is 0 Å². The molecule has 4 rings (SSSR count). The number of esters is 1. The highest BCUT2D eigenvalue weighted by atomic mass is 16.5. The first-order valence-corrected chi connectivity index (χ1v) is 7.74. The van der Waals surface area contributed by atoms with E-state index in [-0.39, 0.29) is 5.97 Å². The van der Waals surface area contributed by atoms with E-state index in [2.05, 4.69) is 12.1 Å². The van der Waals surface area contributed by atoms with E-state index in [1.165, 1.54) is 0 Å². The summed E-state index contributed by atoms with van der Waals surface area (Å²) in [5.41, 5.74) is 5.65. The highest BCUT2D eigenvalue weighted by Crippen LogP contribution is 2.41. The molecule has 0 amide bonds. The Morgan fingerprint density at radius 1 is 1.09 bits per heavy atom. The lowest BCUT2D eigenvalue weighted by Gasteiger charge is -2.07. The number of furan rings is 1. The summed E-state index contributed by atoms with van der Waals surface area (Å²) in [4.78, 5) is 12.4. The van der Waals surface area contributed by atoms with Gasteiger partial charge in [0.15, 0.2) is 0 Å². The highest BCUT2D eigenvalue weighted by molar-refractivity contribution is 6.09. The third kappa shape index (κ3) is 2.16. The van der Waals surface area contributed by atoms with Crippen LogP contribution >= 0.6 is 0 Å². The van der Waals surface area contributed by atoms with E-state index in [9.17, 15) is 4.79 Å². The zero-order chi connectivity index (χ0) is 15.8. The van der Waals surface area contributed by atoms with Gasteiger partial charge in [-0.2, -0.15) is 0 Å². The van der Waals surface area contributed by atoms with Crippen LogP contribution in [-0.2, 0) is 16.0 Å². The average molecular weight is 304 g/mol. The van der Waals surface area contributed by atoms with E-state index in [0.29, 0.717) is 18.6 Å². The minimum Gasteiger partial charge on any atom is -0.464 e. The summed E-state index contributed by atoms with van der Waals surface area (Å²) in [7, 11) is 0. The maximum absolute atomic E-state index is 12.4. The summed E-state index contributed by atoms with van der Waals surface area (Å²) in [6.07, 6.45) is 2.34. The summed E-state index contributed by atoms with van der Waals surface area (Å²) in [6.45, 7) is 2.20. The molecule has 1 aromatic heterocycles. The summed E-state index contributed by atoms with van der Waals surface area (Å²) < 4.78 is 10.9. The molecule has 0 atom stereocenters. The number of hydrogen-bond donors (Lipinski definition) is 0. The Morgan fingerprint density at radius 3 is 2.74 bits per heavy atom. The van der Waals surface area contributed by atoms with Crippen LogP contribution in [0.15, 0.2) is 64.8 Å². The van der Waals surface area contributed by atoms with Crippen molar-refractivity contribution in [2.75, 3.05) is 6.61 Å². The molecule has 0 spiro atoms. The summed E-state index contributed by atoms with van der Waals surface area (Å²) in [6, 6.07) is 16.0. The van der Waals surface area contributed by atoms with E-state index in [1.54, 1.807) is 6.26 Å². The minimum absolute atomic E-state index is 0.246. The van der Waals surface area contributed by atoms with Gasteiger partial charge in [0.1, 0.15) is 5.58 Å². The van der Waals surface area contributed by atoms with Crippen molar-refractivity contribution in [3.8, 4) is 0 Å². The largest absolute Gasteiger partial charge is 0.464 e. The molecule has 0 bridgehead atoms. The molecule has 1 aliphatic rings. The molecule has 0 saturated heterocycles. The van der Waals surface area contributed by atoms with Gasteiger partial charge < -0.3 is 9.15 Å². The van der Waals surface area contributed by atoms with Crippen molar-refractivity contribution < 1.29 is 13.9 Å². The first-order valence-electron chi connectivity index (χ1n) is 7.74. The predicted molar refractivity (Wildman–Crippen MR) is 89.0 cm³/mol. The molecule has 0 radical (unpaired) electrons. The van der Waals surface area contributed by atoms with Crippen molar-refractivity contribution >= 4 is 22.5 Å². The van der Waals surface area contributed by atoms with Crippen LogP contribution in [-0.4, -0.2) is 12.6 Å². The number of benzene rings is 2. The Kier molecular flexibility index (Phi) is 3.27. The second-order valence-electron chi connectivity index (χ2n) is 5.55. The van der Waals surface area contributed by atoms with Gasteiger partial charge >= 0.3 is 5.97 Å². The van der Waals surface area contributed by atoms with Gasteiger partial charge in [-0.3, -0.25) is 0 Å². The lowest BCUT2D eigenvalue weighted by Crippen LogP contribution is -2.09. The zero-order valence-electron chi connectivity index (χ0n) is 12.8. The number of ether oxygens (including phenoxy) is 1.